The van der Waals surface area contributed by atoms with Crippen molar-refractivity contribution in [2.45, 2.75) is 13.8 Å². The molecule has 2 aromatic rings. The highest BCUT2D eigenvalue weighted by Crippen LogP contribution is 2.24. The molecule has 1 heterocycles. The molecular formula is C10H10N3O4+. The Morgan fingerprint density at radius 3 is 2.65 bits per heavy atom. The Balaban J connectivity index is 2.75. The van der Waals surface area contributed by atoms with E-state index in [-0.39, 0.29) is 11.4 Å². The van der Waals surface area contributed by atoms with E-state index in [2.05, 4.69) is 9.79 Å². The molecule has 0 amide bonds. The molecule has 0 atom stereocenters. The Morgan fingerprint density at radius 2 is 2.12 bits per heavy atom. The zero-order valence-electron chi connectivity index (χ0n) is 9.26. The molecule has 0 bridgehead atoms. The molecule has 88 valence electrons. The van der Waals surface area contributed by atoms with Gasteiger partial charge < -0.3 is 0 Å². The van der Waals surface area contributed by atoms with E-state index in [1.165, 1.54) is 4.68 Å². The number of nitrogens with zero attached hydrogens (tertiary/aromatic N) is 2. The maximum Gasteiger partial charge on any atom is 0.427 e. The molecule has 1 aromatic carbocycles. The maximum absolute atomic E-state index is 11.0. The fraction of sp³-hybridized carbons (Fsp3) is 0.200. The lowest BCUT2D eigenvalue weighted by molar-refractivity contribution is -0.673. The number of nitrogens with one attached hydrogen (secondary N) is 1. The average Bonchev–Trinajstić information content (AvgIpc) is 2.62. The fourth-order valence-corrected chi connectivity index (χ4v) is 1.73. The Bertz CT molecular complexity index is 641. The number of H-pyrrole nitrogens is 1. The summed E-state index contributed by atoms with van der Waals surface area (Å²) in [6.45, 7) is 3.46. The van der Waals surface area contributed by atoms with E-state index >= 15 is 0 Å². The van der Waals surface area contributed by atoms with Gasteiger partial charge in [-0.15, -0.1) is 0 Å². The number of aromatic nitrogens is 2. The van der Waals surface area contributed by atoms with Gasteiger partial charge in [-0.3, -0.25) is 14.6 Å². The third-order valence-electron chi connectivity index (χ3n) is 2.35. The van der Waals surface area contributed by atoms with Gasteiger partial charge in [-0.1, -0.05) is 0 Å². The summed E-state index contributed by atoms with van der Waals surface area (Å²) in [4.78, 5) is 21.4. The predicted molar refractivity (Wildman–Crippen MR) is 57.0 cm³/mol. The van der Waals surface area contributed by atoms with Crippen LogP contribution < -0.4 is 10.3 Å². The van der Waals surface area contributed by atoms with E-state index in [1.807, 2.05) is 6.92 Å². The molecule has 0 aliphatic heterocycles. The molecule has 1 N–H and O–H groups in total. The first-order valence-corrected chi connectivity index (χ1v) is 4.85. The van der Waals surface area contributed by atoms with Gasteiger partial charge in [-0.05, 0) is 35.4 Å². The van der Waals surface area contributed by atoms with Crippen molar-refractivity contribution in [1.29, 1.82) is 0 Å². The van der Waals surface area contributed by atoms with Crippen molar-refractivity contribution in [1.82, 2.24) is 5.27 Å². The maximum atomic E-state index is 11.0. The molecule has 0 radical (unpaired) electrons. The van der Waals surface area contributed by atoms with Crippen LogP contribution in [0.1, 0.15) is 11.1 Å². The number of aryl methyl sites for hydroxylation is 2. The van der Waals surface area contributed by atoms with Crippen LogP contribution in [-0.4, -0.2) is 10.2 Å². The van der Waals surface area contributed by atoms with Crippen LogP contribution in [0, 0.1) is 24.0 Å². The van der Waals surface area contributed by atoms with Crippen LogP contribution >= 0.6 is 0 Å². The normalized spacial score (nSPS) is 10.5. The highest BCUT2D eigenvalue weighted by atomic mass is 16.6. The quantitative estimate of drug-likeness (QED) is 0.473. The third kappa shape index (κ3) is 1.94. The van der Waals surface area contributed by atoms with Gasteiger partial charge in [-0.25, -0.2) is 4.79 Å². The Kier molecular flexibility index (Phi) is 2.51. The first-order valence-electron chi connectivity index (χ1n) is 4.85. The lowest BCUT2D eigenvalue weighted by Gasteiger charge is -1.99. The first-order chi connectivity index (χ1) is 7.99. The van der Waals surface area contributed by atoms with E-state index < -0.39 is 10.5 Å². The summed E-state index contributed by atoms with van der Waals surface area (Å²) in [5.41, 5.74) is 1.01. The second kappa shape index (κ2) is 3.85. The van der Waals surface area contributed by atoms with E-state index in [1.54, 1.807) is 19.1 Å². The topological polar surface area (TPSA) is 93.0 Å². The third-order valence-corrected chi connectivity index (χ3v) is 2.35. The van der Waals surface area contributed by atoms with Crippen LogP contribution in [0.2, 0.25) is 0 Å². The Hall–Kier alpha value is -2.44. The van der Waals surface area contributed by atoms with Crippen molar-refractivity contribution in [2.24, 2.45) is 0 Å². The Morgan fingerprint density at radius 1 is 1.41 bits per heavy atom. The van der Waals surface area contributed by atoms with Gasteiger partial charge in [0.1, 0.15) is 0 Å². The molecule has 0 saturated carbocycles. The zero-order chi connectivity index (χ0) is 12.6. The van der Waals surface area contributed by atoms with Crippen molar-refractivity contribution in [3.8, 4) is 5.69 Å². The number of nitro groups is 1. The molecule has 17 heavy (non-hydrogen) atoms. The summed E-state index contributed by atoms with van der Waals surface area (Å²) in [5, 5.41) is 13.3. The van der Waals surface area contributed by atoms with E-state index in [0.717, 1.165) is 11.8 Å². The summed E-state index contributed by atoms with van der Waals surface area (Å²) in [6.07, 6.45) is 1.11. The minimum Gasteiger partial charge on any atom is -0.283 e. The molecular weight excluding hydrogens is 226 g/mol. The second-order valence-electron chi connectivity index (χ2n) is 3.72. The molecule has 7 nitrogen and oxygen atoms in total. The van der Waals surface area contributed by atoms with E-state index in [4.69, 9.17) is 0 Å². The summed E-state index contributed by atoms with van der Waals surface area (Å²) < 4.78 is 5.69. The van der Waals surface area contributed by atoms with Crippen LogP contribution in [0.4, 0.5) is 5.69 Å². The van der Waals surface area contributed by atoms with Gasteiger partial charge in [0.05, 0.1) is 4.92 Å². The van der Waals surface area contributed by atoms with Gasteiger partial charge in [0.2, 0.25) is 0 Å². The highest BCUT2D eigenvalue weighted by Gasteiger charge is 2.27. The van der Waals surface area contributed by atoms with E-state index in [0.29, 0.717) is 5.56 Å². The molecule has 1 aromatic heterocycles. The van der Waals surface area contributed by atoms with E-state index in [9.17, 15) is 14.9 Å². The fourth-order valence-electron chi connectivity index (χ4n) is 1.73. The lowest BCUT2D eigenvalue weighted by Crippen LogP contribution is -2.33. The molecule has 0 saturated heterocycles. The van der Waals surface area contributed by atoms with Crippen molar-refractivity contribution < 1.29 is 14.1 Å². The lowest BCUT2D eigenvalue weighted by atomic mass is 10.1. The van der Waals surface area contributed by atoms with Gasteiger partial charge >= 0.3 is 17.0 Å². The number of benzene rings is 1. The van der Waals surface area contributed by atoms with Crippen molar-refractivity contribution in [3.63, 3.8) is 0 Å². The number of aromatic amines is 1. The largest absolute Gasteiger partial charge is 0.427 e. The first kappa shape index (κ1) is 11.1. The zero-order valence-corrected chi connectivity index (χ0v) is 9.26. The van der Waals surface area contributed by atoms with Crippen LogP contribution in [0.3, 0.4) is 0 Å². The monoisotopic (exact) mass is 236 g/mol. The summed E-state index contributed by atoms with van der Waals surface area (Å²) in [6, 6.07) is 3.32. The smallest absolute Gasteiger partial charge is 0.283 e. The minimum absolute atomic E-state index is 0.0577. The van der Waals surface area contributed by atoms with Crippen LogP contribution in [0.5, 0.6) is 0 Å². The molecule has 0 aliphatic rings. The van der Waals surface area contributed by atoms with Gasteiger partial charge in [0.15, 0.2) is 0 Å². The summed E-state index contributed by atoms with van der Waals surface area (Å²) in [5.74, 6) is 0. The van der Waals surface area contributed by atoms with Crippen molar-refractivity contribution >= 4 is 5.69 Å². The van der Waals surface area contributed by atoms with Gasteiger partial charge in [-0.2, -0.15) is 0 Å². The van der Waals surface area contributed by atoms with Gasteiger partial charge in [0.25, 0.3) is 6.20 Å². The van der Waals surface area contributed by atoms with Crippen molar-refractivity contribution in [2.75, 3.05) is 0 Å². The number of nitro benzene ring substituents is 1. The standard InChI is InChI=1S/C10H9N3O4/c1-6-3-7(2)10(13(15)16)8(4-6)12-5-9(14)17-11-12/h3-5H,1-2H3/p+1. The molecule has 0 spiro atoms. The van der Waals surface area contributed by atoms with Gasteiger partial charge in [0, 0.05) is 11.6 Å². The second-order valence-corrected chi connectivity index (χ2v) is 3.72. The molecule has 0 fully saturated rings. The van der Waals surface area contributed by atoms with Crippen LogP contribution in [-0.2, 0) is 0 Å². The molecule has 0 aliphatic carbocycles. The number of rotatable bonds is 2. The van der Waals surface area contributed by atoms with Crippen LogP contribution in [0.25, 0.3) is 5.69 Å². The predicted octanol–water partition coefficient (Wildman–Crippen LogP) is 0.770. The average molecular weight is 236 g/mol. The minimum atomic E-state index is -0.599. The number of hydrogen-bond acceptors (Lipinski definition) is 4. The summed E-state index contributed by atoms with van der Waals surface area (Å²) in [7, 11) is 0. The molecule has 2 rings (SSSR count). The summed E-state index contributed by atoms with van der Waals surface area (Å²) >= 11 is 0. The molecule has 0 unspecified atom stereocenters. The Labute approximate surface area is 95.4 Å². The van der Waals surface area contributed by atoms with Crippen LogP contribution in [0.15, 0.2) is 27.6 Å². The van der Waals surface area contributed by atoms with Crippen molar-refractivity contribution in [3.05, 3.63) is 50.0 Å². The molecule has 7 heteroatoms. The highest BCUT2D eigenvalue weighted by molar-refractivity contribution is 5.54. The SMILES string of the molecule is Cc1cc(C)c([N+](=O)[O-])c(-[n+]2cc(=O)o[nH]2)c1. The number of hydrogen-bond donors (Lipinski definition) is 1.